The Bertz CT molecular complexity index is 347. The largest absolute Gasteiger partial charge is 0.315 e. The third-order valence-corrected chi connectivity index (χ3v) is 5.22. The standard InChI is InChI=1S/C15H23NS/c1-15(2)11-7-10-13(14(15)16-3)17-12-8-5-4-6-9-12/h4-6,8-9,13-14,16H,7,10-11H2,1-3H3. The van der Waals surface area contributed by atoms with Crippen LogP contribution in [0.15, 0.2) is 35.2 Å². The minimum atomic E-state index is 0.416. The number of thioether (sulfide) groups is 1. The van der Waals surface area contributed by atoms with Gasteiger partial charge in [-0.05, 0) is 37.4 Å². The Morgan fingerprint density at radius 2 is 1.94 bits per heavy atom. The van der Waals surface area contributed by atoms with Gasteiger partial charge >= 0.3 is 0 Å². The predicted octanol–water partition coefficient (Wildman–Crippen LogP) is 3.95. The van der Waals surface area contributed by atoms with Crippen LogP contribution in [0.2, 0.25) is 0 Å². The summed E-state index contributed by atoms with van der Waals surface area (Å²) in [6, 6.07) is 11.4. The van der Waals surface area contributed by atoms with E-state index >= 15 is 0 Å². The van der Waals surface area contributed by atoms with Gasteiger partial charge in [-0.3, -0.25) is 0 Å². The summed E-state index contributed by atoms with van der Waals surface area (Å²) < 4.78 is 0. The molecule has 1 N–H and O–H groups in total. The summed E-state index contributed by atoms with van der Waals surface area (Å²) in [6.07, 6.45) is 4.02. The van der Waals surface area contributed by atoms with Crippen molar-refractivity contribution < 1.29 is 0 Å². The zero-order chi connectivity index (χ0) is 12.3. The molecule has 2 rings (SSSR count). The minimum absolute atomic E-state index is 0.416. The number of benzene rings is 1. The van der Waals surface area contributed by atoms with Crippen molar-refractivity contribution in [3.05, 3.63) is 30.3 Å². The van der Waals surface area contributed by atoms with Crippen molar-refractivity contribution >= 4 is 11.8 Å². The Labute approximate surface area is 109 Å². The van der Waals surface area contributed by atoms with Gasteiger partial charge < -0.3 is 5.32 Å². The van der Waals surface area contributed by atoms with Gasteiger partial charge in [0.25, 0.3) is 0 Å². The maximum absolute atomic E-state index is 3.54. The summed E-state index contributed by atoms with van der Waals surface area (Å²) in [5, 5.41) is 4.24. The molecule has 2 unspecified atom stereocenters. The first-order valence-electron chi connectivity index (χ1n) is 6.52. The number of hydrogen-bond donors (Lipinski definition) is 1. The minimum Gasteiger partial charge on any atom is -0.315 e. The molecule has 0 bridgehead atoms. The molecule has 0 aliphatic heterocycles. The quantitative estimate of drug-likeness (QED) is 0.870. The van der Waals surface area contributed by atoms with Gasteiger partial charge in [0.15, 0.2) is 0 Å². The van der Waals surface area contributed by atoms with Gasteiger partial charge in [0.2, 0.25) is 0 Å². The van der Waals surface area contributed by atoms with E-state index in [0.29, 0.717) is 16.7 Å². The molecule has 94 valence electrons. The first-order chi connectivity index (χ1) is 8.13. The Balaban J connectivity index is 2.09. The van der Waals surface area contributed by atoms with E-state index in [1.807, 2.05) is 11.8 Å². The highest BCUT2D eigenvalue weighted by Crippen LogP contribution is 2.42. The first-order valence-corrected chi connectivity index (χ1v) is 7.40. The lowest BCUT2D eigenvalue weighted by atomic mass is 9.73. The molecule has 1 aliphatic rings. The molecule has 1 aromatic carbocycles. The maximum atomic E-state index is 3.54. The van der Waals surface area contributed by atoms with Crippen molar-refractivity contribution in [2.75, 3.05) is 7.05 Å². The van der Waals surface area contributed by atoms with Crippen LogP contribution in [0.4, 0.5) is 0 Å². The van der Waals surface area contributed by atoms with Crippen LogP contribution in [0.25, 0.3) is 0 Å². The van der Waals surface area contributed by atoms with Gasteiger partial charge in [0.05, 0.1) is 0 Å². The second kappa shape index (κ2) is 5.45. The van der Waals surface area contributed by atoms with Gasteiger partial charge in [-0.1, -0.05) is 38.5 Å². The molecule has 1 aromatic rings. The summed E-state index contributed by atoms with van der Waals surface area (Å²) in [5.41, 5.74) is 0.416. The molecular formula is C15H23NS. The van der Waals surface area contributed by atoms with Gasteiger partial charge in [-0.15, -0.1) is 11.8 Å². The van der Waals surface area contributed by atoms with Gasteiger partial charge in [0, 0.05) is 16.2 Å². The average molecular weight is 249 g/mol. The summed E-state index contributed by atoms with van der Waals surface area (Å²) in [7, 11) is 2.11. The Morgan fingerprint density at radius 1 is 1.24 bits per heavy atom. The molecule has 2 heteroatoms. The Morgan fingerprint density at radius 3 is 2.59 bits per heavy atom. The SMILES string of the molecule is CNC1C(Sc2ccccc2)CCCC1(C)C. The van der Waals surface area contributed by atoms with Crippen LogP contribution >= 0.6 is 11.8 Å². The third kappa shape index (κ3) is 3.05. The second-order valence-electron chi connectivity index (χ2n) is 5.62. The third-order valence-electron chi connectivity index (χ3n) is 3.87. The van der Waals surface area contributed by atoms with E-state index in [2.05, 4.69) is 56.5 Å². The van der Waals surface area contributed by atoms with E-state index in [-0.39, 0.29) is 0 Å². The maximum Gasteiger partial charge on any atom is 0.0253 e. The fourth-order valence-corrected chi connectivity index (χ4v) is 4.55. The van der Waals surface area contributed by atoms with Crippen molar-refractivity contribution in [3.8, 4) is 0 Å². The van der Waals surface area contributed by atoms with Crippen LogP contribution < -0.4 is 5.32 Å². The predicted molar refractivity (Wildman–Crippen MR) is 76.6 cm³/mol. The van der Waals surface area contributed by atoms with E-state index < -0.39 is 0 Å². The van der Waals surface area contributed by atoms with Crippen molar-refractivity contribution in [1.82, 2.24) is 5.32 Å². The molecule has 0 radical (unpaired) electrons. The highest BCUT2D eigenvalue weighted by Gasteiger charge is 2.38. The smallest absolute Gasteiger partial charge is 0.0253 e. The molecule has 17 heavy (non-hydrogen) atoms. The first kappa shape index (κ1) is 13.0. The molecular weight excluding hydrogens is 226 g/mol. The normalized spacial score (nSPS) is 27.9. The molecule has 0 saturated heterocycles. The van der Waals surface area contributed by atoms with Crippen LogP contribution in [-0.2, 0) is 0 Å². The lowest BCUT2D eigenvalue weighted by Gasteiger charge is -2.43. The molecule has 1 aliphatic carbocycles. The van der Waals surface area contributed by atoms with Crippen LogP contribution in [-0.4, -0.2) is 18.3 Å². The van der Waals surface area contributed by atoms with E-state index in [1.165, 1.54) is 24.2 Å². The highest BCUT2D eigenvalue weighted by molar-refractivity contribution is 8.00. The summed E-state index contributed by atoms with van der Waals surface area (Å²) in [4.78, 5) is 1.40. The zero-order valence-electron chi connectivity index (χ0n) is 11.1. The molecule has 1 saturated carbocycles. The van der Waals surface area contributed by atoms with Gasteiger partial charge in [0.1, 0.15) is 0 Å². The lowest BCUT2D eigenvalue weighted by molar-refractivity contribution is 0.182. The number of rotatable bonds is 3. The Kier molecular flexibility index (Phi) is 4.16. The van der Waals surface area contributed by atoms with Gasteiger partial charge in [-0.2, -0.15) is 0 Å². The molecule has 0 amide bonds. The molecule has 0 heterocycles. The van der Waals surface area contributed by atoms with Crippen molar-refractivity contribution in [3.63, 3.8) is 0 Å². The summed E-state index contributed by atoms with van der Waals surface area (Å²) >= 11 is 2.04. The van der Waals surface area contributed by atoms with Crippen LogP contribution in [0.5, 0.6) is 0 Å². The zero-order valence-corrected chi connectivity index (χ0v) is 11.9. The summed E-state index contributed by atoms with van der Waals surface area (Å²) in [6.45, 7) is 4.79. The van der Waals surface area contributed by atoms with E-state index in [1.54, 1.807) is 0 Å². The lowest BCUT2D eigenvalue weighted by Crippen LogP contribution is -2.49. The molecule has 1 nitrogen and oxygen atoms in total. The van der Waals surface area contributed by atoms with Crippen molar-refractivity contribution in [2.24, 2.45) is 5.41 Å². The summed E-state index contributed by atoms with van der Waals surface area (Å²) in [5.74, 6) is 0. The van der Waals surface area contributed by atoms with E-state index in [0.717, 1.165) is 0 Å². The number of hydrogen-bond acceptors (Lipinski definition) is 2. The van der Waals surface area contributed by atoms with E-state index in [9.17, 15) is 0 Å². The molecule has 2 atom stereocenters. The fourth-order valence-electron chi connectivity index (χ4n) is 2.96. The van der Waals surface area contributed by atoms with Crippen molar-refractivity contribution in [2.45, 2.75) is 49.3 Å². The van der Waals surface area contributed by atoms with E-state index in [4.69, 9.17) is 0 Å². The van der Waals surface area contributed by atoms with Crippen LogP contribution in [0.1, 0.15) is 33.1 Å². The molecule has 0 aromatic heterocycles. The van der Waals surface area contributed by atoms with Gasteiger partial charge in [-0.25, -0.2) is 0 Å². The molecule has 1 fully saturated rings. The molecule has 0 spiro atoms. The van der Waals surface area contributed by atoms with Crippen LogP contribution in [0, 0.1) is 5.41 Å². The Hall–Kier alpha value is -0.470. The average Bonchev–Trinajstić information content (AvgIpc) is 2.29. The monoisotopic (exact) mass is 249 g/mol. The number of nitrogens with one attached hydrogen (secondary N) is 1. The van der Waals surface area contributed by atoms with Crippen molar-refractivity contribution in [1.29, 1.82) is 0 Å². The second-order valence-corrected chi connectivity index (χ2v) is 6.93. The fraction of sp³-hybridized carbons (Fsp3) is 0.600. The topological polar surface area (TPSA) is 12.0 Å². The highest BCUT2D eigenvalue weighted by atomic mass is 32.2. The van der Waals surface area contributed by atoms with Crippen LogP contribution in [0.3, 0.4) is 0 Å².